The first-order valence-electron chi connectivity index (χ1n) is 5.39. The van der Waals surface area contributed by atoms with Crippen LogP contribution in [0.25, 0.3) is 0 Å². The molecule has 2 heterocycles. The standard InChI is InChI=1S/C12H13N3O2S/c1-14-6-3-4-9(14)11(16)12(17)15(2)8-10-13-5-7-18-10/h3-7H,8H2,1-2H3. The van der Waals surface area contributed by atoms with Gasteiger partial charge in [-0.05, 0) is 12.1 Å². The molecule has 2 aromatic rings. The molecule has 2 aromatic heterocycles. The summed E-state index contributed by atoms with van der Waals surface area (Å²) in [4.78, 5) is 29.4. The summed E-state index contributed by atoms with van der Waals surface area (Å²) < 4.78 is 1.64. The molecule has 0 aliphatic carbocycles. The van der Waals surface area contributed by atoms with Crippen LogP contribution in [0.1, 0.15) is 15.5 Å². The minimum Gasteiger partial charge on any atom is -0.348 e. The molecule has 2 rings (SSSR count). The third-order valence-electron chi connectivity index (χ3n) is 2.57. The lowest BCUT2D eigenvalue weighted by Crippen LogP contribution is -2.33. The van der Waals surface area contributed by atoms with E-state index in [0.29, 0.717) is 12.2 Å². The second-order valence-electron chi connectivity index (χ2n) is 3.92. The van der Waals surface area contributed by atoms with Gasteiger partial charge in [-0.2, -0.15) is 0 Å². The Bertz CT molecular complexity index is 560. The molecule has 18 heavy (non-hydrogen) atoms. The molecule has 1 amide bonds. The van der Waals surface area contributed by atoms with Crippen LogP contribution in [0.15, 0.2) is 29.9 Å². The van der Waals surface area contributed by atoms with Crippen LogP contribution in [-0.4, -0.2) is 33.2 Å². The number of carbonyl (C=O) groups is 2. The molecule has 0 bridgehead atoms. The summed E-state index contributed by atoms with van der Waals surface area (Å²) in [5.41, 5.74) is 0.394. The number of aromatic nitrogens is 2. The van der Waals surface area contributed by atoms with E-state index in [2.05, 4.69) is 4.98 Å². The molecule has 6 heteroatoms. The highest BCUT2D eigenvalue weighted by Crippen LogP contribution is 2.09. The van der Waals surface area contributed by atoms with E-state index in [1.807, 2.05) is 5.38 Å². The van der Waals surface area contributed by atoms with Crippen molar-refractivity contribution in [2.24, 2.45) is 7.05 Å². The topological polar surface area (TPSA) is 55.2 Å². The van der Waals surface area contributed by atoms with Crippen molar-refractivity contribution in [1.82, 2.24) is 14.5 Å². The van der Waals surface area contributed by atoms with Crippen LogP contribution >= 0.6 is 11.3 Å². The number of hydrogen-bond donors (Lipinski definition) is 0. The molecule has 0 aliphatic heterocycles. The Labute approximate surface area is 109 Å². The zero-order valence-corrected chi connectivity index (χ0v) is 11.0. The fourth-order valence-electron chi connectivity index (χ4n) is 1.59. The van der Waals surface area contributed by atoms with Crippen molar-refractivity contribution >= 4 is 23.0 Å². The van der Waals surface area contributed by atoms with Crippen molar-refractivity contribution in [1.29, 1.82) is 0 Å². The Hall–Kier alpha value is -1.95. The van der Waals surface area contributed by atoms with E-state index in [9.17, 15) is 9.59 Å². The van der Waals surface area contributed by atoms with Crippen LogP contribution in [0.4, 0.5) is 0 Å². The number of thiazole rings is 1. The van der Waals surface area contributed by atoms with Gasteiger partial charge in [-0.1, -0.05) is 0 Å². The third-order valence-corrected chi connectivity index (χ3v) is 3.34. The van der Waals surface area contributed by atoms with Crippen molar-refractivity contribution in [2.45, 2.75) is 6.54 Å². The zero-order chi connectivity index (χ0) is 13.1. The van der Waals surface area contributed by atoms with Gasteiger partial charge in [0.15, 0.2) is 0 Å². The van der Waals surface area contributed by atoms with Crippen molar-refractivity contribution in [3.8, 4) is 0 Å². The second-order valence-corrected chi connectivity index (χ2v) is 4.90. The number of likely N-dealkylation sites (N-methyl/N-ethyl adjacent to an activating group) is 1. The molecule has 5 nitrogen and oxygen atoms in total. The van der Waals surface area contributed by atoms with Crippen molar-refractivity contribution in [3.63, 3.8) is 0 Å². The fraction of sp³-hybridized carbons (Fsp3) is 0.250. The molecule has 0 aliphatic rings. The highest BCUT2D eigenvalue weighted by molar-refractivity contribution is 7.09. The Morgan fingerprint density at radius 3 is 2.83 bits per heavy atom. The summed E-state index contributed by atoms with van der Waals surface area (Å²) >= 11 is 1.46. The van der Waals surface area contributed by atoms with E-state index in [1.54, 1.807) is 43.2 Å². The number of ketones is 1. The average Bonchev–Trinajstić information content (AvgIpc) is 2.98. The van der Waals surface area contributed by atoms with Gasteiger partial charge < -0.3 is 9.47 Å². The minimum atomic E-state index is -0.521. The molecule has 0 radical (unpaired) electrons. The van der Waals surface area contributed by atoms with Gasteiger partial charge in [-0.3, -0.25) is 9.59 Å². The maximum atomic E-state index is 12.0. The lowest BCUT2D eigenvalue weighted by Gasteiger charge is -2.14. The number of Topliss-reactive ketones (excluding diaryl/α,β-unsaturated/α-hetero) is 1. The maximum absolute atomic E-state index is 12.0. The minimum absolute atomic E-state index is 0.354. The lowest BCUT2D eigenvalue weighted by atomic mass is 10.2. The molecule has 0 unspecified atom stereocenters. The van der Waals surface area contributed by atoms with Gasteiger partial charge in [0.05, 0.1) is 12.2 Å². The van der Waals surface area contributed by atoms with Gasteiger partial charge in [-0.15, -0.1) is 11.3 Å². The van der Waals surface area contributed by atoms with Gasteiger partial charge in [0.25, 0.3) is 11.7 Å². The summed E-state index contributed by atoms with van der Waals surface area (Å²) in [6, 6.07) is 3.37. The van der Waals surface area contributed by atoms with Gasteiger partial charge in [0.2, 0.25) is 0 Å². The summed E-state index contributed by atoms with van der Waals surface area (Å²) in [6.45, 7) is 0.354. The van der Waals surface area contributed by atoms with Crippen molar-refractivity contribution in [3.05, 3.63) is 40.6 Å². The molecule has 94 valence electrons. The highest BCUT2D eigenvalue weighted by atomic mass is 32.1. The van der Waals surface area contributed by atoms with E-state index >= 15 is 0 Å². The van der Waals surface area contributed by atoms with Gasteiger partial charge in [0, 0.05) is 31.9 Å². The Morgan fingerprint density at radius 1 is 1.50 bits per heavy atom. The number of amides is 1. The van der Waals surface area contributed by atoms with Crippen molar-refractivity contribution in [2.75, 3.05) is 7.05 Å². The predicted molar refractivity (Wildman–Crippen MR) is 68.3 cm³/mol. The van der Waals surface area contributed by atoms with Crippen LogP contribution in [0.5, 0.6) is 0 Å². The lowest BCUT2D eigenvalue weighted by molar-refractivity contribution is -0.125. The number of carbonyl (C=O) groups excluding carboxylic acids is 2. The van der Waals surface area contributed by atoms with Crippen molar-refractivity contribution < 1.29 is 9.59 Å². The predicted octanol–water partition coefficient (Wildman–Crippen LogP) is 1.32. The Balaban J connectivity index is 2.07. The largest absolute Gasteiger partial charge is 0.348 e. The summed E-state index contributed by atoms with van der Waals surface area (Å²) in [6.07, 6.45) is 3.42. The fourth-order valence-corrected chi connectivity index (χ4v) is 2.25. The number of nitrogens with zero attached hydrogens (tertiary/aromatic N) is 3. The Kier molecular flexibility index (Phi) is 3.57. The van der Waals surface area contributed by atoms with Crippen LogP contribution in [0.3, 0.4) is 0 Å². The van der Waals surface area contributed by atoms with Crippen LogP contribution in [0.2, 0.25) is 0 Å². The molecule has 0 saturated heterocycles. The zero-order valence-electron chi connectivity index (χ0n) is 10.2. The van der Waals surface area contributed by atoms with Gasteiger partial charge >= 0.3 is 0 Å². The van der Waals surface area contributed by atoms with Crippen LogP contribution in [-0.2, 0) is 18.4 Å². The SMILES string of the molecule is CN(Cc1nccs1)C(=O)C(=O)c1cccn1C. The first-order chi connectivity index (χ1) is 8.59. The highest BCUT2D eigenvalue weighted by Gasteiger charge is 2.22. The molecule has 0 N–H and O–H groups in total. The van der Waals surface area contributed by atoms with E-state index in [0.717, 1.165) is 5.01 Å². The molecule has 0 fully saturated rings. The maximum Gasteiger partial charge on any atom is 0.296 e. The Morgan fingerprint density at radius 2 is 2.28 bits per heavy atom. The molecule has 0 aromatic carbocycles. The quantitative estimate of drug-likeness (QED) is 0.617. The smallest absolute Gasteiger partial charge is 0.296 e. The molecular weight excluding hydrogens is 250 g/mol. The monoisotopic (exact) mass is 263 g/mol. The van der Waals surface area contributed by atoms with Crippen LogP contribution in [0, 0.1) is 0 Å². The molecule has 0 atom stereocenters. The summed E-state index contributed by atoms with van der Waals surface area (Å²) in [5, 5.41) is 2.65. The molecule has 0 spiro atoms. The van der Waals surface area contributed by atoms with E-state index in [-0.39, 0.29) is 0 Å². The van der Waals surface area contributed by atoms with E-state index < -0.39 is 11.7 Å². The summed E-state index contributed by atoms with van der Waals surface area (Å²) in [7, 11) is 3.34. The van der Waals surface area contributed by atoms with Gasteiger partial charge in [-0.25, -0.2) is 4.98 Å². The third kappa shape index (κ3) is 2.48. The number of rotatable bonds is 4. The van der Waals surface area contributed by atoms with E-state index in [4.69, 9.17) is 0 Å². The summed E-state index contributed by atoms with van der Waals surface area (Å²) in [5.74, 6) is -1.02. The molecule has 0 saturated carbocycles. The first-order valence-corrected chi connectivity index (χ1v) is 6.27. The first kappa shape index (κ1) is 12.5. The second kappa shape index (κ2) is 5.14. The number of aryl methyl sites for hydroxylation is 1. The van der Waals surface area contributed by atoms with E-state index in [1.165, 1.54) is 16.2 Å². The van der Waals surface area contributed by atoms with Gasteiger partial charge in [0.1, 0.15) is 5.01 Å². The van der Waals surface area contributed by atoms with Crippen LogP contribution < -0.4 is 0 Å². The number of hydrogen-bond acceptors (Lipinski definition) is 4. The molecular formula is C12H13N3O2S. The normalized spacial score (nSPS) is 10.3. The average molecular weight is 263 g/mol.